The van der Waals surface area contributed by atoms with E-state index in [9.17, 15) is 14.0 Å². The number of hydrogen-bond acceptors (Lipinski definition) is 4. The number of carbonyl (C=O) groups is 2. The lowest BCUT2D eigenvalue weighted by atomic mass is 9.72. The minimum Gasteiger partial charge on any atom is -0.369 e. The van der Waals surface area contributed by atoms with Crippen molar-refractivity contribution in [1.29, 1.82) is 5.26 Å². The number of methoxy groups -OCH3 is 1. The molecule has 1 atom stereocenters. The van der Waals surface area contributed by atoms with Gasteiger partial charge < -0.3 is 14.5 Å². The molecule has 148 valence electrons. The molecule has 2 aromatic carbocycles. The van der Waals surface area contributed by atoms with Crippen molar-refractivity contribution in [2.45, 2.75) is 24.5 Å². The minimum absolute atomic E-state index is 0.110. The molecule has 7 heteroatoms. The molecule has 6 nitrogen and oxygen atoms in total. The first-order valence-electron chi connectivity index (χ1n) is 9.42. The second kappa shape index (κ2) is 7.30. The highest BCUT2D eigenvalue weighted by atomic mass is 19.1. The van der Waals surface area contributed by atoms with E-state index in [-0.39, 0.29) is 11.8 Å². The van der Waals surface area contributed by atoms with Gasteiger partial charge in [0.05, 0.1) is 17.2 Å². The van der Waals surface area contributed by atoms with Gasteiger partial charge in [0, 0.05) is 31.5 Å². The van der Waals surface area contributed by atoms with Gasteiger partial charge in [-0.1, -0.05) is 6.07 Å². The number of ether oxygens (including phenoxy) is 1. The van der Waals surface area contributed by atoms with Crippen LogP contribution in [0.2, 0.25) is 0 Å². The van der Waals surface area contributed by atoms with Gasteiger partial charge >= 0.3 is 0 Å². The highest BCUT2D eigenvalue weighted by molar-refractivity contribution is 6.07. The third-order valence-corrected chi connectivity index (χ3v) is 5.86. The van der Waals surface area contributed by atoms with Gasteiger partial charge in [-0.25, -0.2) is 4.39 Å². The molecule has 4 rings (SSSR count). The standard InChI is InChI=1S/C22H20FN3O3/c1-29-19-21(28)26(18-4-2-3-17(23)13-18)22(19)9-11-25(12-10-22)20(27)16-7-5-15(14-24)6-8-16/h2-8,13,19H,9-12H2,1H3. The molecule has 2 aliphatic heterocycles. The molecular weight excluding hydrogens is 373 g/mol. The second-order valence-electron chi connectivity index (χ2n) is 7.35. The molecule has 29 heavy (non-hydrogen) atoms. The summed E-state index contributed by atoms with van der Waals surface area (Å²) in [6.45, 7) is 0.912. The van der Waals surface area contributed by atoms with Crippen LogP contribution in [0.3, 0.4) is 0 Å². The summed E-state index contributed by atoms with van der Waals surface area (Å²) in [4.78, 5) is 28.8. The van der Waals surface area contributed by atoms with E-state index in [0.717, 1.165) is 0 Å². The molecule has 2 heterocycles. The summed E-state index contributed by atoms with van der Waals surface area (Å²) in [6.07, 6.45) is 0.476. The maximum atomic E-state index is 13.7. The van der Waals surface area contributed by atoms with Crippen LogP contribution in [0.15, 0.2) is 48.5 Å². The normalized spacial score (nSPS) is 20.3. The quantitative estimate of drug-likeness (QED) is 0.752. The average Bonchev–Trinajstić information content (AvgIpc) is 2.74. The number of anilines is 1. The summed E-state index contributed by atoms with van der Waals surface area (Å²) >= 11 is 0. The Hall–Kier alpha value is -3.24. The molecular formula is C22H20FN3O3. The van der Waals surface area contributed by atoms with Crippen LogP contribution in [0.1, 0.15) is 28.8 Å². The topological polar surface area (TPSA) is 73.6 Å². The van der Waals surface area contributed by atoms with Crippen molar-refractivity contribution in [3.8, 4) is 6.07 Å². The van der Waals surface area contributed by atoms with Gasteiger partial charge in [0.2, 0.25) is 0 Å². The van der Waals surface area contributed by atoms with Crippen molar-refractivity contribution in [3.05, 3.63) is 65.5 Å². The number of halogens is 1. The molecule has 0 bridgehead atoms. The maximum Gasteiger partial charge on any atom is 0.259 e. The molecule has 2 aliphatic rings. The molecule has 1 unspecified atom stereocenters. The number of hydrogen-bond donors (Lipinski definition) is 0. The monoisotopic (exact) mass is 393 g/mol. The number of nitrogens with zero attached hydrogens (tertiary/aromatic N) is 3. The van der Waals surface area contributed by atoms with Crippen LogP contribution in [0.4, 0.5) is 10.1 Å². The number of carbonyl (C=O) groups excluding carboxylic acids is 2. The van der Waals surface area contributed by atoms with Gasteiger partial charge in [-0.15, -0.1) is 0 Å². The summed E-state index contributed by atoms with van der Waals surface area (Å²) in [5.41, 5.74) is 0.951. The predicted octanol–water partition coefficient (Wildman–Crippen LogP) is 2.73. The number of piperidine rings is 1. The van der Waals surface area contributed by atoms with E-state index < -0.39 is 17.5 Å². The summed E-state index contributed by atoms with van der Waals surface area (Å²) < 4.78 is 19.2. The maximum absolute atomic E-state index is 13.7. The SMILES string of the molecule is COC1C(=O)N(c2cccc(F)c2)C12CCN(C(=O)c1ccc(C#N)cc1)CC2. The molecule has 1 spiro atoms. The fourth-order valence-electron chi connectivity index (χ4n) is 4.39. The molecule has 2 saturated heterocycles. The van der Waals surface area contributed by atoms with E-state index in [2.05, 4.69) is 0 Å². The van der Waals surface area contributed by atoms with E-state index >= 15 is 0 Å². The number of rotatable bonds is 3. The first-order chi connectivity index (χ1) is 14.0. The third-order valence-electron chi connectivity index (χ3n) is 5.86. The van der Waals surface area contributed by atoms with Crippen LogP contribution in [0.5, 0.6) is 0 Å². The molecule has 0 aromatic heterocycles. The first kappa shape index (κ1) is 19.1. The molecule has 0 aliphatic carbocycles. The Labute approximate surface area is 168 Å². The van der Waals surface area contributed by atoms with Gasteiger partial charge in [-0.3, -0.25) is 9.59 Å². The van der Waals surface area contributed by atoms with Crippen molar-refractivity contribution in [2.24, 2.45) is 0 Å². The van der Waals surface area contributed by atoms with Crippen LogP contribution >= 0.6 is 0 Å². The summed E-state index contributed by atoms with van der Waals surface area (Å²) in [6, 6.07) is 14.6. The fourth-order valence-corrected chi connectivity index (χ4v) is 4.39. The third kappa shape index (κ3) is 3.06. The highest BCUT2D eigenvalue weighted by Crippen LogP contribution is 2.45. The summed E-state index contributed by atoms with van der Waals surface area (Å²) in [5, 5.41) is 8.90. The minimum atomic E-state index is -0.599. The first-order valence-corrected chi connectivity index (χ1v) is 9.42. The summed E-state index contributed by atoms with van der Waals surface area (Å²) in [7, 11) is 1.50. The zero-order valence-corrected chi connectivity index (χ0v) is 16.0. The van der Waals surface area contributed by atoms with Gasteiger partial charge in [-0.2, -0.15) is 5.26 Å². The van der Waals surface area contributed by atoms with Gasteiger partial charge in [0.15, 0.2) is 6.10 Å². The largest absolute Gasteiger partial charge is 0.369 e. The predicted molar refractivity (Wildman–Crippen MR) is 104 cm³/mol. The van der Waals surface area contributed by atoms with E-state index in [4.69, 9.17) is 10.00 Å². The Bertz CT molecular complexity index is 991. The highest BCUT2D eigenvalue weighted by Gasteiger charge is 2.62. The van der Waals surface area contributed by atoms with Crippen molar-refractivity contribution in [1.82, 2.24) is 4.90 Å². The lowest BCUT2D eigenvalue weighted by molar-refractivity contribution is -0.150. The zero-order chi connectivity index (χ0) is 20.6. The molecule has 0 radical (unpaired) electrons. The Balaban J connectivity index is 1.53. The van der Waals surface area contributed by atoms with Crippen LogP contribution in [-0.2, 0) is 9.53 Å². The second-order valence-corrected chi connectivity index (χ2v) is 7.35. The van der Waals surface area contributed by atoms with Crippen molar-refractivity contribution in [3.63, 3.8) is 0 Å². The van der Waals surface area contributed by atoms with Crippen molar-refractivity contribution < 1.29 is 18.7 Å². The van der Waals surface area contributed by atoms with Crippen molar-refractivity contribution in [2.75, 3.05) is 25.1 Å². The molecule has 2 fully saturated rings. The summed E-state index contributed by atoms with van der Waals surface area (Å²) in [5.74, 6) is -0.703. The molecule has 0 N–H and O–H groups in total. The van der Waals surface area contributed by atoms with Crippen LogP contribution in [-0.4, -0.2) is 48.6 Å². The van der Waals surface area contributed by atoms with E-state index in [1.807, 2.05) is 6.07 Å². The Morgan fingerprint density at radius 2 is 1.90 bits per heavy atom. The fraction of sp³-hybridized carbons (Fsp3) is 0.318. The smallest absolute Gasteiger partial charge is 0.259 e. The lowest BCUT2D eigenvalue weighted by Crippen LogP contribution is -2.78. The van der Waals surface area contributed by atoms with Gasteiger partial charge in [0.25, 0.3) is 11.8 Å². The Kier molecular flexibility index (Phi) is 4.81. The number of benzene rings is 2. The molecule has 2 aromatic rings. The van der Waals surface area contributed by atoms with Crippen LogP contribution in [0.25, 0.3) is 0 Å². The number of nitriles is 1. The molecule has 0 saturated carbocycles. The van der Waals surface area contributed by atoms with E-state index in [1.54, 1.807) is 46.2 Å². The van der Waals surface area contributed by atoms with Gasteiger partial charge in [-0.05, 0) is 55.3 Å². The Morgan fingerprint density at radius 3 is 2.48 bits per heavy atom. The van der Waals surface area contributed by atoms with Crippen molar-refractivity contribution >= 4 is 17.5 Å². The Morgan fingerprint density at radius 1 is 1.21 bits per heavy atom. The van der Waals surface area contributed by atoms with E-state index in [0.29, 0.717) is 42.7 Å². The average molecular weight is 393 g/mol. The van der Waals surface area contributed by atoms with E-state index in [1.165, 1.54) is 19.2 Å². The van der Waals surface area contributed by atoms with Crippen LogP contribution < -0.4 is 4.90 Å². The lowest BCUT2D eigenvalue weighted by Gasteiger charge is -2.59. The zero-order valence-electron chi connectivity index (χ0n) is 16.0. The molecule has 2 amide bonds. The van der Waals surface area contributed by atoms with Crippen LogP contribution in [0, 0.1) is 17.1 Å². The number of amides is 2. The number of likely N-dealkylation sites (tertiary alicyclic amines) is 1. The van der Waals surface area contributed by atoms with Gasteiger partial charge in [0.1, 0.15) is 5.82 Å². The number of β-lactam (4-membered cyclic amide) rings is 1.